The molecule has 3 fully saturated rings. The summed E-state index contributed by atoms with van der Waals surface area (Å²) in [6.45, 7) is 11.1. The molecule has 0 heterocycles. The first-order valence-corrected chi connectivity index (χ1v) is 11.1. The molecule has 3 aliphatic carbocycles. The second kappa shape index (κ2) is 7.72. The van der Waals surface area contributed by atoms with Gasteiger partial charge in [0.25, 0.3) is 0 Å². The Balaban J connectivity index is 1.89. The molecule has 1 aromatic carbocycles. The molecule has 0 radical (unpaired) electrons. The van der Waals surface area contributed by atoms with Crippen LogP contribution < -0.4 is 4.74 Å². The van der Waals surface area contributed by atoms with E-state index in [1.54, 1.807) is 7.11 Å². The number of fused-ring (bicyclic) bond motifs is 2. The fraction of sp³-hybridized carbons (Fsp3) is 0.720. The van der Waals surface area contributed by atoms with Gasteiger partial charge in [-0.25, -0.2) is 0 Å². The summed E-state index contributed by atoms with van der Waals surface area (Å²) in [5.74, 6) is 2.08. The summed E-state index contributed by atoms with van der Waals surface area (Å²) in [5, 5.41) is 11.0. The Labute approximate surface area is 170 Å². The maximum absolute atomic E-state index is 12.6. The van der Waals surface area contributed by atoms with Gasteiger partial charge in [-0.2, -0.15) is 0 Å². The first-order chi connectivity index (χ1) is 13.1. The number of hydrogen-bond acceptors (Lipinski definition) is 3. The Morgan fingerprint density at radius 1 is 1.21 bits per heavy atom. The van der Waals surface area contributed by atoms with Crippen molar-refractivity contribution in [3.8, 4) is 11.5 Å². The van der Waals surface area contributed by atoms with Crippen LogP contribution in [0.4, 0.5) is 0 Å². The number of phenols is 1. The van der Waals surface area contributed by atoms with E-state index < -0.39 is 0 Å². The van der Waals surface area contributed by atoms with Crippen LogP contribution in [0, 0.1) is 17.3 Å². The van der Waals surface area contributed by atoms with Crippen molar-refractivity contribution < 1.29 is 14.6 Å². The van der Waals surface area contributed by atoms with Gasteiger partial charge in [0.2, 0.25) is 0 Å². The second-order valence-electron chi connectivity index (χ2n) is 10.3. The first-order valence-electron chi connectivity index (χ1n) is 11.1. The summed E-state index contributed by atoms with van der Waals surface area (Å²) in [6, 6.07) is 4.04. The van der Waals surface area contributed by atoms with Crippen molar-refractivity contribution in [2.24, 2.45) is 17.3 Å². The van der Waals surface area contributed by atoms with Crippen molar-refractivity contribution in [1.29, 1.82) is 0 Å². The van der Waals surface area contributed by atoms with Gasteiger partial charge in [-0.05, 0) is 47.3 Å². The number of carbonyl (C=O) groups excluding carboxylic acids is 1. The van der Waals surface area contributed by atoms with Gasteiger partial charge in [-0.15, -0.1) is 0 Å². The third-order valence-electron chi connectivity index (χ3n) is 7.79. The molecule has 3 aliphatic rings. The lowest BCUT2D eigenvalue weighted by atomic mass is 9.44. The number of ether oxygens (including phenoxy) is 1. The van der Waals surface area contributed by atoms with Gasteiger partial charge in [-0.3, -0.25) is 4.79 Å². The molecule has 1 N–H and O–H groups in total. The number of phenolic OH excluding ortho intramolecular Hbond substituents is 1. The SMILES string of the molecule is CCCCCCC(C)(C)c1cc(O)c(C2CC(=O)[C@@H]3C[C@H]2C3(C)C)c(OC)c1. The van der Waals surface area contributed by atoms with Crippen LogP contribution in [0.2, 0.25) is 0 Å². The number of Topliss-reactive ketones (excluding diaryl/α,β-unsaturated/α-hetero) is 1. The van der Waals surface area contributed by atoms with E-state index in [4.69, 9.17) is 4.74 Å². The smallest absolute Gasteiger partial charge is 0.137 e. The summed E-state index contributed by atoms with van der Waals surface area (Å²) in [7, 11) is 1.68. The number of benzene rings is 1. The van der Waals surface area contributed by atoms with E-state index in [1.165, 1.54) is 25.7 Å². The lowest BCUT2D eigenvalue weighted by Gasteiger charge is -2.59. The monoisotopic (exact) mass is 386 g/mol. The van der Waals surface area contributed by atoms with Crippen molar-refractivity contribution >= 4 is 5.78 Å². The number of methoxy groups -OCH3 is 1. The van der Waals surface area contributed by atoms with Gasteiger partial charge < -0.3 is 9.84 Å². The Hall–Kier alpha value is -1.51. The molecule has 156 valence electrons. The molecule has 0 aliphatic heterocycles. The molecule has 4 rings (SSSR count). The quantitative estimate of drug-likeness (QED) is 0.528. The van der Waals surface area contributed by atoms with E-state index >= 15 is 0 Å². The topological polar surface area (TPSA) is 46.5 Å². The van der Waals surface area contributed by atoms with E-state index in [2.05, 4.69) is 40.7 Å². The average Bonchev–Trinajstić information content (AvgIpc) is 2.63. The average molecular weight is 387 g/mol. The highest BCUT2D eigenvalue weighted by Gasteiger charge is 2.59. The maximum atomic E-state index is 12.6. The highest BCUT2D eigenvalue weighted by atomic mass is 16.5. The summed E-state index contributed by atoms with van der Waals surface area (Å²) in [4.78, 5) is 12.6. The van der Waals surface area contributed by atoms with Crippen LogP contribution in [0.5, 0.6) is 11.5 Å². The van der Waals surface area contributed by atoms with Crippen LogP contribution >= 0.6 is 0 Å². The van der Waals surface area contributed by atoms with Gasteiger partial charge in [-0.1, -0.05) is 60.3 Å². The van der Waals surface area contributed by atoms with Gasteiger partial charge in [0.05, 0.1) is 7.11 Å². The van der Waals surface area contributed by atoms with Crippen LogP contribution in [0.15, 0.2) is 12.1 Å². The van der Waals surface area contributed by atoms with Crippen LogP contribution in [0.25, 0.3) is 0 Å². The molecule has 0 aromatic heterocycles. The first kappa shape index (κ1) is 21.2. The van der Waals surface area contributed by atoms with Crippen LogP contribution in [-0.4, -0.2) is 18.0 Å². The number of carbonyl (C=O) groups is 1. The van der Waals surface area contributed by atoms with Gasteiger partial charge in [0, 0.05) is 23.8 Å². The van der Waals surface area contributed by atoms with Crippen molar-refractivity contribution in [2.45, 2.75) is 90.9 Å². The lowest BCUT2D eigenvalue weighted by molar-refractivity contribution is -0.151. The van der Waals surface area contributed by atoms with Gasteiger partial charge in [0.1, 0.15) is 17.3 Å². The van der Waals surface area contributed by atoms with Crippen LogP contribution in [0.3, 0.4) is 0 Å². The number of aromatic hydroxyl groups is 1. The molecule has 0 amide bonds. The third-order valence-corrected chi connectivity index (χ3v) is 7.79. The maximum Gasteiger partial charge on any atom is 0.137 e. The number of unbranched alkanes of at least 4 members (excludes halogenated alkanes) is 3. The molecule has 3 nitrogen and oxygen atoms in total. The molecule has 28 heavy (non-hydrogen) atoms. The van der Waals surface area contributed by atoms with Crippen molar-refractivity contribution in [3.63, 3.8) is 0 Å². The second-order valence-corrected chi connectivity index (χ2v) is 10.3. The number of rotatable bonds is 8. The summed E-state index contributed by atoms with van der Waals surface area (Å²) >= 11 is 0. The summed E-state index contributed by atoms with van der Waals surface area (Å²) < 4.78 is 5.76. The van der Waals surface area contributed by atoms with Gasteiger partial charge in [0.15, 0.2) is 0 Å². The molecular weight excluding hydrogens is 348 g/mol. The highest BCUT2D eigenvalue weighted by Crippen LogP contribution is 2.64. The molecule has 1 unspecified atom stereocenters. The van der Waals surface area contributed by atoms with Gasteiger partial charge >= 0.3 is 0 Å². The van der Waals surface area contributed by atoms with E-state index in [9.17, 15) is 9.90 Å². The standard InChI is InChI=1S/C25H38O3/c1-7-8-9-10-11-24(2,3)16-12-21(27)23(22(13-16)28-6)17-14-20(26)19-15-18(17)25(19,4)5/h12-13,17-19,27H,7-11,14-15H2,1-6H3/t17?,18-,19+/m1/s1. The minimum atomic E-state index is -0.0136. The predicted molar refractivity (Wildman–Crippen MR) is 114 cm³/mol. The molecule has 3 atom stereocenters. The van der Waals surface area contributed by atoms with Crippen molar-refractivity contribution in [1.82, 2.24) is 0 Å². The minimum absolute atomic E-state index is 0.0136. The Kier molecular flexibility index (Phi) is 5.85. The van der Waals surface area contributed by atoms with E-state index in [0.717, 1.165) is 29.7 Å². The third kappa shape index (κ3) is 3.57. The molecule has 3 heteroatoms. The normalized spacial score (nSPS) is 26.1. The predicted octanol–water partition coefficient (Wildman–Crippen LogP) is 6.37. The van der Waals surface area contributed by atoms with E-state index in [1.807, 2.05) is 6.07 Å². The molecule has 0 spiro atoms. The Bertz CT molecular complexity index is 732. The minimum Gasteiger partial charge on any atom is -0.508 e. The number of hydrogen-bond donors (Lipinski definition) is 1. The zero-order valence-corrected chi connectivity index (χ0v) is 18.6. The number of ketones is 1. The van der Waals surface area contributed by atoms with Crippen molar-refractivity contribution in [3.05, 3.63) is 23.3 Å². The summed E-state index contributed by atoms with van der Waals surface area (Å²) in [6.07, 6.45) is 7.53. The Morgan fingerprint density at radius 2 is 1.93 bits per heavy atom. The summed E-state index contributed by atoms with van der Waals surface area (Å²) in [5.41, 5.74) is 1.97. The molecular formula is C25H38O3. The fourth-order valence-corrected chi connectivity index (χ4v) is 5.68. The zero-order chi connectivity index (χ0) is 20.7. The molecule has 3 saturated carbocycles. The molecule has 0 saturated heterocycles. The van der Waals surface area contributed by atoms with E-state index in [-0.39, 0.29) is 22.7 Å². The van der Waals surface area contributed by atoms with Crippen LogP contribution in [0.1, 0.15) is 96.6 Å². The van der Waals surface area contributed by atoms with Crippen LogP contribution in [-0.2, 0) is 10.2 Å². The largest absolute Gasteiger partial charge is 0.508 e. The molecule has 2 bridgehead atoms. The zero-order valence-electron chi connectivity index (χ0n) is 18.6. The molecule has 1 aromatic rings. The highest BCUT2D eigenvalue weighted by molar-refractivity contribution is 5.86. The lowest BCUT2D eigenvalue weighted by Crippen LogP contribution is -2.56. The van der Waals surface area contributed by atoms with Crippen molar-refractivity contribution in [2.75, 3.05) is 7.11 Å². The van der Waals surface area contributed by atoms with E-state index in [0.29, 0.717) is 23.9 Å². The fourth-order valence-electron chi connectivity index (χ4n) is 5.68. The Morgan fingerprint density at radius 3 is 2.50 bits per heavy atom.